The van der Waals surface area contributed by atoms with Gasteiger partial charge in [0.1, 0.15) is 5.82 Å². The van der Waals surface area contributed by atoms with Gasteiger partial charge >= 0.3 is 0 Å². The number of hydrogen-bond donors (Lipinski definition) is 2. The minimum Gasteiger partial charge on any atom is -0.372 e. The molecular weight excluding hydrogens is 371 g/mol. The number of hydrogen-bond acceptors (Lipinski definition) is 4. The number of carbonyl (C=O) groups excluding carboxylic acids is 1. The third-order valence-corrected chi connectivity index (χ3v) is 6.42. The van der Waals surface area contributed by atoms with Crippen molar-refractivity contribution in [2.75, 3.05) is 10.6 Å². The molecular formula is C23H19FN2OS. The van der Waals surface area contributed by atoms with Crippen molar-refractivity contribution in [3.05, 3.63) is 93.6 Å². The molecule has 1 aliphatic carbocycles. The van der Waals surface area contributed by atoms with Gasteiger partial charge in [0.05, 0.1) is 17.4 Å². The Bertz CT molecular complexity index is 1060. The fourth-order valence-electron chi connectivity index (χ4n) is 4.13. The summed E-state index contributed by atoms with van der Waals surface area (Å²) < 4.78 is 13.3. The van der Waals surface area contributed by atoms with Crippen molar-refractivity contribution >= 4 is 28.5 Å². The van der Waals surface area contributed by atoms with Crippen molar-refractivity contribution in [3.8, 4) is 0 Å². The zero-order valence-corrected chi connectivity index (χ0v) is 15.9. The predicted molar refractivity (Wildman–Crippen MR) is 111 cm³/mol. The topological polar surface area (TPSA) is 41.1 Å². The summed E-state index contributed by atoms with van der Waals surface area (Å²) in [4.78, 5) is 14.4. The molecule has 2 aliphatic rings. The van der Waals surface area contributed by atoms with Gasteiger partial charge in [0.2, 0.25) is 0 Å². The first kappa shape index (κ1) is 17.2. The van der Waals surface area contributed by atoms with Crippen molar-refractivity contribution < 1.29 is 9.18 Å². The van der Waals surface area contributed by atoms with Crippen molar-refractivity contribution in [1.29, 1.82) is 0 Å². The summed E-state index contributed by atoms with van der Waals surface area (Å²) >= 11 is 1.65. The maximum Gasteiger partial charge on any atom is 0.163 e. The molecule has 0 unspecified atom stereocenters. The fourth-order valence-corrected chi connectivity index (χ4v) is 4.92. The molecule has 0 amide bonds. The largest absolute Gasteiger partial charge is 0.372 e. The van der Waals surface area contributed by atoms with E-state index in [0.717, 1.165) is 39.5 Å². The summed E-state index contributed by atoms with van der Waals surface area (Å²) in [5, 5.41) is 9.13. The lowest BCUT2D eigenvalue weighted by Gasteiger charge is -2.29. The van der Waals surface area contributed by atoms with E-state index < -0.39 is 0 Å². The van der Waals surface area contributed by atoms with Gasteiger partial charge in [-0.25, -0.2) is 4.39 Å². The highest BCUT2D eigenvalue weighted by atomic mass is 32.1. The van der Waals surface area contributed by atoms with E-state index in [1.165, 1.54) is 12.1 Å². The van der Waals surface area contributed by atoms with Gasteiger partial charge in [-0.2, -0.15) is 0 Å². The van der Waals surface area contributed by atoms with Crippen LogP contribution < -0.4 is 10.6 Å². The normalized spacial score (nSPS) is 21.2. The summed E-state index contributed by atoms with van der Waals surface area (Å²) in [7, 11) is 0. The second-order valence-electron chi connectivity index (χ2n) is 7.24. The third-order valence-electron chi connectivity index (χ3n) is 5.48. The van der Waals surface area contributed by atoms with Crippen LogP contribution in [0.2, 0.25) is 0 Å². The number of Topliss-reactive ketones (excluding diaryl/α,β-unsaturated/α-hetero) is 1. The number of rotatable bonds is 2. The van der Waals surface area contributed by atoms with E-state index in [0.29, 0.717) is 6.42 Å². The molecule has 1 aliphatic heterocycles. The molecule has 0 bridgehead atoms. The lowest BCUT2D eigenvalue weighted by molar-refractivity contribution is -0.116. The lowest BCUT2D eigenvalue weighted by Crippen LogP contribution is -2.26. The van der Waals surface area contributed by atoms with E-state index in [2.05, 4.69) is 16.7 Å². The van der Waals surface area contributed by atoms with Crippen LogP contribution in [-0.2, 0) is 4.79 Å². The molecule has 3 nitrogen and oxygen atoms in total. The number of thiophene rings is 1. The predicted octanol–water partition coefficient (Wildman–Crippen LogP) is 5.87. The number of nitrogens with one attached hydrogen (secondary N) is 2. The Morgan fingerprint density at radius 2 is 1.71 bits per heavy atom. The Balaban J connectivity index is 1.59. The molecule has 5 rings (SSSR count). The summed E-state index contributed by atoms with van der Waals surface area (Å²) in [6, 6.07) is 18.5. The molecule has 0 spiro atoms. The number of carbonyl (C=O) groups is 1. The van der Waals surface area contributed by atoms with Gasteiger partial charge in [0.15, 0.2) is 5.78 Å². The van der Waals surface area contributed by atoms with Crippen molar-refractivity contribution in [3.63, 3.8) is 0 Å². The van der Waals surface area contributed by atoms with Gasteiger partial charge in [-0.15, -0.1) is 11.3 Å². The molecule has 5 heteroatoms. The molecule has 28 heavy (non-hydrogen) atoms. The smallest absolute Gasteiger partial charge is 0.163 e. The molecule has 3 aromatic rings. The van der Waals surface area contributed by atoms with E-state index in [-0.39, 0.29) is 23.6 Å². The molecule has 2 atom stereocenters. The SMILES string of the molecule is O=C1C[C@@H](c2ccc(F)cc2)CC2=C1[C@@H](c1cccs1)Nc1ccccc1N2. The Morgan fingerprint density at radius 3 is 2.46 bits per heavy atom. The molecule has 0 radical (unpaired) electrons. The molecule has 0 saturated heterocycles. The van der Waals surface area contributed by atoms with E-state index in [1.54, 1.807) is 23.5 Å². The molecule has 0 fully saturated rings. The van der Waals surface area contributed by atoms with E-state index in [1.807, 2.05) is 35.7 Å². The van der Waals surface area contributed by atoms with Crippen molar-refractivity contribution in [1.82, 2.24) is 0 Å². The van der Waals surface area contributed by atoms with Gasteiger partial charge < -0.3 is 10.6 Å². The number of anilines is 2. The molecule has 0 saturated carbocycles. The standard InChI is InChI=1S/C23H19FN2OS/c24-16-9-7-14(8-10-16)15-12-19-22(20(27)13-15)23(21-6-3-11-28-21)26-18-5-2-1-4-17(18)25-19/h1-11,15,23,25-26H,12-13H2/t15-,23+/m0/s1. The van der Waals surface area contributed by atoms with Gasteiger partial charge in [0, 0.05) is 22.6 Å². The van der Waals surface area contributed by atoms with Crippen LogP contribution in [0, 0.1) is 5.82 Å². The zero-order valence-electron chi connectivity index (χ0n) is 15.1. The second-order valence-corrected chi connectivity index (χ2v) is 8.21. The molecule has 2 N–H and O–H groups in total. The summed E-state index contributed by atoms with van der Waals surface area (Å²) in [6.45, 7) is 0. The number of benzene rings is 2. The van der Waals surface area contributed by atoms with Crippen LogP contribution in [0.4, 0.5) is 15.8 Å². The van der Waals surface area contributed by atoms with Crippen LogP contribution in [0.5, 0.6) is 0 Å². The van der Waals surface area contributed by atoms with E-state index >= 15 is 0 Å². The number of para-hydroxylation sites is 2. The highest BCUT2D eigenvalue weighted by Crippen LogP contribution is 2.44. The average molecular weight is 390 g/mol. The average Bonchev–Trinajstić information content (AvgIpc) is 3.17. The van der Waals surface area contributed by atoms with Crippen LogP contribution in [0.3, 0.4) is 0 Å². The summed E-state index contributed by atoms with van der Waals surface area (Å²) in [6.07, 6.45) is 1.16. The quantitative estimate of drug-likeness (QED) is 0.575. The maximum absolute atomic E-state index is 13.3. The van der Waals surface area contributed by atoms with Gasteiger partial charge in [0.25, 0.3) is 0 Å². The third kappa shape index (κ3) is 3.02. The Hall–Kier alpha value is -2.92. The Morgan fingerprint density at radius 1 is 0.929 bits per heavy atom. The summed E-state index contributed by atoms with van der Waals surface area (Å²) in [5.41, 5.74) is 4.74. The van der Waals surface area contributed by atoms with Crippen LogP contribution in [0.1, 0.15) is 35.2 Å². The van der Waals surface area contributed by atoms with Gasteiger partial charge in [-0.1, -0.05) is 30.3 Å². The minimum absolute atomic E-state index is 0.0496. The van der Waals surface area contributed by atoms with Crippen LogP contribution >= 0.6 is 11.3 Å². The Kier molecular flexibility index (Phi) is 4.24. The maximum atomic E-state index is 13.3. The van der Waals surface area contributed by atoms with E-state index in [9.17, 15) is 9.18 Å². The first-order valence-electron chi connectivity index (χ1n) is 9.37. The number of ketones is 1. The van der Waals surface area contributed by atoms with Crippen LogP contribution in [0.15, 0.2) is 77.3 Å². The molecule has 1 aromatic heterocycles. The van der Waals surface area contributed by atoms with Gasteiger partial charge in [-0.05, 0) is 53.6 Å². The van der Waals surface area contributed by atoms with Crippen molar-refractivity contribution in [2.24, 2.45) is 0 Å². The number of halogens is 1. The monoisotopic (exact) mass is 390 g/mol. The highest BCUT2D eigenvalue weighted by molar-refractivity contribution is 7.10. The number of fused-ring (bicyclic) bond motifs is 1. The lowest BCUT2D eigenvalue weighted by atomic mass is 9.79. The summed E-state index contributed by atoms with van der Waals surface area (Å²) in [5.74, 6) is -0.0651. The fraction of sp³-hybridized carbons (Fsp3) is 0.174. The molecule has 2 heterocycles. The van der Waals surface area contributed by atoms with Crippen molar-refractivity contribution in [2.45, 2.75) is 24.8 Å². The number of allylic oxidation sites excluding steroid dienone is 1. The molecule has 140 valence electrons. The van der Waals surface area contributed by atoms with Gasteiger partial charge in [-0.3, -0.25) is 4.79 Å². The van der Waals surface area contributed by atoms with Crippen LogP contribution in [0.25, 0.3) is 0 Å². The first-order chi connectivity index (χ1) is 13.7. The van der Waals surface area contributed by atoms with E-state index in [4.69, 9.17) is 0 Å². The zero-order chi connectivity index (χ0) is 19.1. The minimum atomic E-state index is -0.255. The van der Waals surface area contributed by atoms with Crippen LogP contribution in [-0.4, -0.2) is 5.78 Å². The highest BCUT2D eigenvalue weighted by Gasteiger charge is 2.36. The first-order valence-corrected chi connectivity index (χ1v) is 10.2. The second kappa shape index (κ2) is 6.91. The Labute approximate surface area is 166 Å². The molecule has 2 aromatic carbocycles.